The molecule has 2 heterocycles. The Kier molecular flexibility index (Phi) is 3.48. The zero-order valence-electron chi connectivity index (χ0n) is 9.65. The molecule has 19 heavy (non-hydrogen) atoms. The van der Waals surface area contributed by atoms with Crippen molar-refractivity contribution in [3.63, 3.8) is 0 Å². The van der Waals surface area contributed by atoms with E-state index >= 15 is 0 Å². The third-order valence-electron chi connectivity index (χ3n) is 2.74. The molecule has 2 aromatic heterocycles. The molecule has 3 aromatic rings. The summed E-state index contributed by atoms with van der Waals surface area (Å²) in [5, 5.41) is 0.691. The molecule has 3 rings (SSSR count). The summed E-state index contributed by atoms with van der Waals surface area (Å²) >= 11 is 15.3. The van der Waals surface area contributed by atoms with Gasteiger partial charge in [-0.1, -0.05) is 11.6 Å². The lowest BCUT2D eigenvalue weighted by Crippen LogP contribution is -1.99. The van der Waals surface area contributed by atoms with Gasteiger partial charge in [0.25, 0.3) is 0 Å². The smallest absolute Gasteiger partial charge is 0.164 e. The number of benzene rings is 1. The highest BCUT2D eigenvalue weighted by Crippen LogP contribution is 2.24. The number of fused-ring (bicyclic) bond motifs is 1. The van der Waals surface area contributed by atoms with Crippen LogP contribution in [-0.4, -0.2) is 14.5 Å². The van der Waals surface area contributed by atoms with Crippen LogP contribution in [-0.2, 0) is 5.88 Å². The first-order valence-corrected chi connectivity index (χ1v) is 7.24. The Hall–Kier alpha value is -1.10. The van der Waals surface area contributed by atoms with Gasteiger partial charge in [-0.25, -0.2) is 9.97 Å². The van der Waals surface area contributed by atoms with Crippen LogP contribution in [0.3, 0.4) is 0 Å². The summed E-state index contributed by atoms with van der Waals surface area (Å²) in [7, 11) is 0. The summed E-state index contributed by atoms with van der Waals surface area (Å²) in [6.07, 6.45) is 1.74. The molecule has 0 aliphatic rings. The van der Waals surface area contributed by atoms with Crippen LogP contribution in [0.4, 0.5) is 0 Å². The van der Waals surface area contributed by atoms with E-state index in [4.69, 9.17) is 23.2 Å². The first-order valence-electron chi connectivity index (χ1n) is 5.54. The topological polar surface area (TPSA) is 30.7 Å². The first-order chi connectivity index (χ1) is 9.19. The molecule has 6 heteroatoms. The lowest BCUT2D eigenvalue weighted by Gasteiger charge is -2.06. The number of hydrogen-bond acceptors (Lipinski definition) is 2. The van der Waals surface area contributed by atoms with E-state index in [-0.39, 0.29) is 0 Å². The minimum Gasteiger partial charge on any atom is -0.280 e. The summed E-state index contributed by atoms with van der Waals surface area (Å²) < 4.78 is 2.83. The van der Waals surface area contributed by atoms with Gasteiger partial charge in [-0.3, -0.25) is 4.57 Å². The molecule has 0 aliphatic carbocycles. The zero-order valence-corrected chi connectivity index (χ0v) is 12.7. The van der Waals surface area contributed by atoms with E-state index in [1.54, 1.807) is 6.20 Å². The monoisotopic (exact) mass is 355 g/mol. The van der Waals surface area contributed by atoms with Crippen LogP contribution < -0.4 is 0 Å². The second kappa shape index (κ2) is 5.12. The number of rotatable bonds is 2. The number of alkyl halides is 1. The second-order valence-corrected chi connectivity index (χ2v) is 5.59. The van der Waals surface area contributed by atoms with Crippen molar-refractivity contribution < 1.29 is 0 Å². The maximum Gasteiger partial charge on any atom is 0.164 e. The number of imidazole rings is 1. The van der Waals surface area contributed by atoms with Gasteiger partial charge in [0.1, 0.15) is 11.3 Å². The Morgan fingerprint density at radius 1 is 1.21 bits per heavy atom. The van der Waals surface area contributed by atoms with Gasteiger partial charge in [0, 0.05) is 21.4 Å². The van der Waals surface area contributed by atoms with Crippen molar-refractivity contribution in [3.05, 3.63) is 51.8 Å². The quantitative estimate of drug-likeness (QED) is 0.629. The van der Waals surface area contributed by atoms with Crippen molar-refractivity contribution in [1.82, 2.24) is 14.5 Å². The Morgan fingerprint density at radius 3 is 2.63 bits per heavy atom. The van der Waals surface area contributed by atoms with Crippen molar-refractivity contribution in [2.24, 2.45) is 0 Å². The van der Waals surface area contributed by atoms with Crippen LogP contribution in [0.2, 0.25) is 5.02 Å². The Bertz CT molecular complexity index is 737. The number of pyridine rings is 1. The summed E-state index contributed by atoms with van der Waals surface area (Å²) in [4.78, 5) is 8.91. The Morgan fingerprint density at radius 2 is 1.95 bits per heavy atom. The summed E-state index contributed by atoms with van der Waals surface area (Å²) in [5.41, 5.74) is 2.53. The maximum atomic E-state index is 5.98. The van der Waals surface area contributed by atoms with Gasteiger partial charge >= 0.3 is 0 Å². The highest BCUT2D eigenvalue weighted by molar-refractivity contribution is 9.10. The van der Waals surface area contributed by atoms with E-state index in [1.165, 1.54) is 0 Å². The molecule has 0 saturated heterocycles. The molecule has 0 atom stereocenters. The zero-order chi connectivity index (χ0) is 13.4. The third kappa shape index (κ3) is 2.36. The number of hydrogen-bond donors (Lipinski definition) is 0. The average Bonchev–Trinajstić information content (AvgIpc) is 2.77. The van der Waals surface area contributed by atoms with Crippen LogP contribution in [0.5, 0.6) is 0 Å². The summed E-state index contributed by atoms with van der Waals surface area (Å²) in [5.74, 6) is 1.07. The second-order valence-electron chi connectivity index (χ2n) is 3.97. The lowest BCUT2D eigenvalue weighted by atomic mass is 10.3. The van der Waals surface area contributed by atoms with Crippen molar-refractivity contribution in [2.45, 2.75) is 5.88 Å². The van der Waals surface area contributed by atoms with Gasteiger partial charge in [-0.05, 0) is 46.3 Å². The van der Waals surface area contributed by atoms with Gasteiger partial charge in [-0.15, -0.1) is 11.6 Å². The fourth-order valence-corrected chi connectivity index (χ4v) is 2.56. The van der Waals surface area contributed by atoms with E-state index in [2.05, 4.69) is 25.9 Å². The van der Waals surface area contributed by atoms with Gasteiger partial charge in [0.05, 0.1) is 5.88 Å². The number of halogens is 3. The largest absolute Gasteiger partial charge is 0.280 e. The molecule has 0 saturated carbocycles. The molecular formula is C13H8BrCl2N3. The SMILES string of the molecule is ClCc1nc2cc(Br)cnc2n1-c1ccc(Cl)cc1. The predicted octanol–water partition coefficient (Wildman–Crippen LogP) is 4.58. The average molecular weight is 357 g/mol. The summed E-state index contributed by atoms with van der Waals surface area (Å²) in [6, 6.07) is 9.43. The first kappa shape index (κ1) is 12.9. The Labute approximate surface area is 128 Å². The van der Waals surface area contributed by atoms with Crippen LogP contribution in [0.1, 0.15) is 5.82 Å². The molecule has 3 nitrogen and oxygen atoms in total. The van der Waals surface area contributed by atoms with Crippen LogP contribution in [0.25, 0.3) is 16.9 Å². The molecule has 0 amide bonds. The molecule has 0 aliphatic heterocycles. The van der Waals surface area contributed by atoms with Crippen LogP contribution in [0, 0.1) is 0 Å². The van der Waals surface area contributed by atoms with Crippen molar-refractivity contribution in [1.29, 1.82) is 0 Å². The van der Waals surface area contributed by atoms with E-state index in [0.717, 1.165) is 27.1 Å². The van der Waals surface area contributed by atoms with Gasteiger partial charge in [0.15, 0.2) is 5.65 Å². The minimum absolute atomic E-state index is 0.316. The molecule has 0 unspecified atom stereocenters. The predicted molar refractivity (Wildman–Crippen MR) is 81.1 cm³/mol. The molecule has 0 radical (unpaired) electrons. The molecule has 0 spiro atoms. The van der Waals surface area contributed by atoms with Crippen molar-refractivity contribution in [2.75, 3.05) is 0 Å². The van der Waals surface area contributed by atoms with Crippen LogP contribution in [0.15, 0.2) is 41.0 Å². The van der Waals surface area contributed by atoms with E-state index in [1.807, 2.05) is 34.9 Å². The third-order valence-corrected chi connectivity index (χ3v) is 3.66. The van der Waals surface area contributed by atoms with Crippen molar-refractivity contribution >= 4 is 50.3 Å². The van der Waals surface area contributed by atoms with E-state index < -0.39 is 0 Å². The molecule has 1 aromatic carbocycles. The molecule has 0 bridgehead atoms. The molecule has 96 valence electrons. The van der Waals surface area contributed by atoms with Gasteiger partial charge in [-0.2, -0.15) is 0 Å². The number of aromatic nitrogens is 3. The van der Waals surface area contributed by atoms with Crippen LogP contribution >= 0.6 is 39.1 Å². The van der Waals surface area contributed by atoms with Gasteiger partial charge in [0.2, 0.25) is 0 Å². The minimum atomic E-state index is 0.316. The molecular weight excluding hydrogens is 349 g/mol. The van der Waals surface area contributed by atoms with Crippen molar-refractivity contribution in [3.8, 4) is 5.69 Å². The highest BCUT2D eigenvalue weighted by Gasteiger charge is 2.13. The van der Waals surface area contributed by atoms with Gasteiger partial charge < -0.3 is 0 Å². The standard InChI is InChI=1S/C13H8BrCl2N3/c14-8-5-11-13(17-7-8)19(12(6-15)18-11)10-3-1-9(16)2-4-10/h1-5,7H,6H2. The molecule has 0 fully saturated rings. The van der Waals surface area contributed by atoms with E-state index in [0.29, 0.717) is 10.9 Å². The molecule has 0 N–H and O–H groups in total. The fraction of sp³-hybridized carbons (Fsp3) is 0.0769. The lowest BCUT2D eigenvalue weighted by molar-refractivity contribution is 0.970. The Balaban J connectivity index is 2.29. The fourth-order valence-electron chi connectivity index (χ4n) is 1.94. The maximum absolute atomic E-state index is 5.98. The normalized spacial score (nSPS) is 11.1. The summed E-state index contributed by atoms with van der Waals surface area (Å²) in [6.45, 7) is 0. The highest BCUT2D eigenvalue weighted by atomic mass is 79.9. The van der Waals surface area contributed by atoms with E-state index in [9.17, 15) is 0 Å². The number of nitrogens with zero attached hydrogens (tertiary/aromatic N) is 3.